The minimum Gasteiger partial charge on any atom is -0.425 e. The van der Waals surface area contributed by atoms with E-state index in [9.17, 15) is 0 Å². The second-order valence-electron chi connectivity index (χ2n) is 5.17. The lowest BCUT2D eigenvalue weighted by Crippen LogP contribution is -2.08. The van der Waals surface area contributed by atoms with Crippen LogP contribution in [0.3, 0.4) is 0 Å². The van der Waals surface area contributed by atoms with Crippen LogP contribution >= 0.6 is 0 Å². The summed E-state index contributed by atoms with van der Waals surface area (Å²) in [4.78, 5) is 0. The number of fused-ring (bicyclic) bond motifs is 1. The molecule has 2 unspecified atom stereocenters. The molecule has 0 saturated heterocycles. The molecule has 2 fully saturated rings. The number of nitrogens with one attached hydrogen (secondary N) is 1. The Bertz CT molecular complexity index is 353. The maximum Gasteiger partial charge on any atom is 0.219 e. The van der Waals surface area contributed by atoms with Gasteiger partial charge in [-0.1, -0.05) is 0 Å². The molecule has 0 spiro atoms. The Labute approximate surface area is 95.8 Å². The summed E-state index contributed by atoms with van der Waals surface area (Å²) in [6.07, 6.45) is 5.97. The number of nitrogens with zero attached hydrogens (tertiary/aromatic N) is 2. The van der Waals surface area contributed by atoms with E-state index < -0.39 is 0 Å². The molecule has 0 aromatic carbocycles. The number of hydrogen-bond acceptors (Lipinski definition) is 4. The number of aromatic nitrogens is 2. The van der Waals surface area contributed by atoms with E-state index in [2.05, 4.69) is 15.5 Å². The lowest BCUT2D eigenvalue weighted by molar-refractivity contribution is 0.400. The zero-order chi connectivity index (χ0) is 11.0. The van der Waals surface area contributed by atoms with Gasteiger partial charge in [0.05, 0.1) is 0 Å². The summed E-state index contributed by atoms with van der Waals surface area (Å²) in [5.41, 5.74) is 0. The van der Waals surface area contributed by atoms with Crippen LogP contribution in [0.1, 0.15) is 43.4 Å². The molecule has 0 bridgehead atoms. The molecule has 2 aliphatic carbocycles. The van der Waals surface area contributed by atoms with Crippen molar-refractivity contribution < 1.29 is 4.42 Å². The largest absolute Gasteiger partial charge is 0.425 e. The fraction of sp³-hybridized carbons (Fsp3) is 0.833. The van der Waals surface area contributed by atoms with Crippen molar-refractivity contribution in [3.05, 3.63) is 11.8 Å². The monoisotopic (exact) mass is 221 g/mol. The molecule has 0 aliphatic heterocycles. The Balaban J connectivity index is 1.55. The predicted molar refractivity (Wildman–Crippen MR) is 60.1 cm³/mol. The molecule has 4 nitrogen and oxygen atoms in total. The van der Waals surface area contributed by atoms with Crippen molar-refractivity contribution >= 4 is 0 Å². The van der Waals surface area contributed by atoms with Gasteiger partial charge in [0.1, 0.15) is 0 Å². The molecule has 3 rings (SSSR count). The first kappa shape index (κ1) is 10.3. The van der Waals surface area contributed by atoms with E-state index >= 15 is 0 Å². The van der Waals surface area contributed by atoms with E-state index in [0.717, 1.165) is 43.0 Å². The first-order chi connectivity index (χ1) is 7.86. The molecule has 1 heterocycles. The van der Waals surface area contributed by atoms with Crippen LogP contribution < -0.4 is 5.32 Å². The van der Waals surface area contributed by atoms with Gasteiger partial charge in [-0.15, -0.1) is 10.2 Å². The quantitative estimate of drug-likeness (QED) is 0.769. The Morgan fingerprint density at radius 1 is 1.25 bits per heavy atom. The summed E-state index contributed by atoms with van der Waals surface area (Å²) < 4.78 is 5.73. The molecule has 16 heavy (non-hydrogen) atoms. The minimum absolute atomic E-state index is 0.564. The van der Waals surface area contributed by atoms with Gasteiger partial charge in [0, 0.05) is 12.3 Å². The van der Waals surface area contributed by atoms with Gasteiger partial charge in [0.15, 0.2) is 0 Å². The van der Waals surface area contributed by atoms with E-state index in [4.69, 9.17) is 4.42 Å². The second-order valence-corrected chi connectivity index (χ2v) is 5.17. The van der Waals surface area contributed by atoms with E-state index in [0.29, 0.717) is 5.92 Å². The van der Waals surface area contributed by atoms with Crippen molar-refractivity contribution in [2.24, 2.45) is 11.8 Å². The van der Waals surface area contributed by atoms with Gasteiger partial charge in [-0.25, -0.2) is 0 Å². The second kappa shape index (κ2) is 4.17. The van der Waals surface area contributed by atoms with Crippen molar-refractivity contribution in [3.8, 4) is 0 Å². The van der Waals surface area contributed by atoms with E-state index in [-0.39, 0.29) is 0 Å². The third-order valence-electron chi connectivity index (χ3n) is 3.89. The van der Waals surface area contributed by atoms with Crippen molar-refractivity contribution in [1.29, 1.82) is 0 Å². The molecule has 1 aromatic heterocycles. The normalized spacial score (nSPS) is 31.7. The van der Waals surface area contributed by atoms with Crippen molar-refractivity contribution in [3.63, 3.8) is 0 Å². The molecule has 0 amide bonds. The highest BCUT2D eigenvalue weighted by Crippen LogP contribution is 2.57. The minimum atomic E-state index is 0.564. The Hall–Kier alpha value is -0.900. The average Bonchev–Trinajstić information content (AvgIpc) is 2.76. The lowest BCUT2D eigenvalue weighted by atomic mass is 10.0. The Kier molecular flexibility index (Phi) is 2.67. The van der Waals surface area contributed by atoms with E-state index in [1.807, 2.05) is 7.05 Å². The fourth-order valence-corrected chi connectivity index (χ4v) is 2.87. The summed E-state index contributed by atoms with van der Waals surface area (Å²) in [6, 6.07) is 0. The summed E-state index contributed by atoms with van der Waals surface area (Å²) in [6.45, 7) is 1.01. The Morgan fingerprint density at radius 2 is 2.06 bits per heavy atom. The molecule has 4 heteroatoms. The number of rotatable bonds is 5. The summed E-state index contributed by atoms with van der Waals surface area (Å²) >= 11 is 0. The topological polar surface area (TPSA) is 51.0 Å². The van der Waals surface area contributed by atoms with Crippen LogP contribution in [0.2, 0.25) is 0 Å². The van der Waals surface area contributed by atoms with Gasteiger partial charge in [0.25, 0.3) is 0 Å². The molecule has 88 valence electrons. The standard InChI is InChI=1S/C12H19N3O/c1-13-4-2-3-11-14-15-12(16-11)10-6-8-5-9(8)7-10/h8-10,13H,2-7H2,1H3. The van der Waals surface area contributed by atoms with Gasteiger partial charge in [0.2, 0.25) is 11.8 Å². The highest BCUT2D eigenvalue weighted by atomic mass is 16.4. The van der Waals surface area contributed by atoms with Crippen LogP contribution in [0.25, 0.3) is 0 Å². The average molecular weight is 221 g/mol. The van der Waals surface area contributed by atoms with Gasteiger partial charge < -0.3 is 9.73 Å². The van der Waals surface area contributed by atoms with Crippen molar-refractivity contribution in [2.45, 2.75) is 38.0 Å². The molecule has 0 radical (unpaired) electrons. The van der Waals surface area contributed by atoms with Gasteiger partial charge in [-0.05, 0) is 51.1 Å². The molecule has 1 aromatic rings. The third-order valence-corrected chi connectivity index (χ3v) is 3.89. The number of aryl methyl sites for hydroxylation is 1. The van der Waals surface area contributed by atoms with Gasteiger partial charge in [-0.3, -0.25) is 0 Å². The van der Waals surface area contributed by atoms with E-state index in [1.54, 1.807) is 0 Å². The fourth-order valence-electron chi connectivity index (χ4n) is 2.87. The van der Waals surface area contributed by atoms with Crippen LogP contribution in [0.15, 0.2) is 4.42 Å². The first-order valence-corrected chi connectivity index (χ1v) is 6.33. The van der Waals surface area contributed by atoms with Crippen LogP contribution in [0, 0.1) is 11.8 Å². The maximum absolute atomic E-state index is 5.73. The maximum atomic E-state index is 5.73. The van der Waals surface area contributed by atoms with Crippen molar-refractivity contribution in [2.75, 3.05) is 13.6 Å². The smallest absolute Gasteiger partial charge is 0.219 e. The Morgan fingerprint density at radius 3 is 2.81 bits per heavy atom. The summed E-state index contributed by atoms with van der Waals surface area (Å²) in [5.74, 6) is 4.22. The zero-order valence-electron chi connectivity index (χ0n) is 9.78. The van der Waals surface area contributed by atoms with Gasteiger partial charge in [-0.2, -0.15) is 0 Å². The number of hydrogen-bond donors (Lipinski definition) is 1. The first-order valence-electron chi connectivity index (χ1n) is 6.33. The van der Waals surface area contributed by atoms with Gasteiger partial charge >= 0.3 is 0 Å². The SMILES string of the molecule is CNCCCc1nnc(C2CC3CC3C2)o1. The third kappa shape index (κ3) is 1.98. The molecular formula is C12H19N3O. The molecule has 2 atom stereocenters. The predicted octanol–water partition coefficient (Wildman–Crippen LogP) is 1.74. The highest BCUT2D eigenvalue weighted by molar-refractivity contribution is 5.06. The van der Waals surface area contributed by atoms with Crippen LogP contribution in [-0.2, 0) is 6.42 Å². The molecular weight excluding hydrogens is 202 g/mol. The molecule has 1 N–H and O–H groups in total. The van der Waals surface area contributed by atoms with E-state index in [1.165, 1.54) is 19.3 Å². The molecule has 2 aliphatic rings. The summed E-state index contributed by atoms with van der Waals surface area (Å²) in [5, 5.41) is 11.4. The zero-order valence-corrected chi connectivity index (χ0v) is 9.78. The highest BCUT2D eigenvalue weighted by Gasteiger charge is 2.47. The van der Waals surface area contributed by atoms with Crippen LogP contribution in [0.5, 0.6) is 0 Å². The van der Waals surface area contributed by atoms with Crippen molar-refractivity contribution in [1.82, 2.24) is 15.5 Å². The molecule has 2 saturated carbocycles. The lowest BCUT2D eigenvalue weighted by Gasteiger charge is -2.04. The summed E-state index contributed by atoms with van der Waals surface area (Å²) in [7, 11) is 1.96. The van der Waals surface area contributed by atoms with Crippen LogP contribution in [0.4, 0.5) is 0 Å². The van der Waals surface area contributed by atoms with Crippen LogP contribution in [-0.4, -0.2) is 23.8 Å².